The number of carboxylic acid groups (broad SMARTS) is 1. The molecule has 4 heteroatoms. The molecule has 21 heavy (non-hydrogen) atoms. The highest BCUT2D eigenvalue weighted by Gasteiger charge is 2.15. The van der Waals surface area contributed by atoms with Gasteiger partial charge in [0, 0.05) is 12.5 Å². The maximum Gasteiger partial charge on any atom is 0.335 e. The molecule has 0 fully saturated rings. The maximum atomic E-state index is 11.2. The van der Waals surface area contributed by atoms with E-state index in [0.29, 0.717) is 17.4 Å². The van der Waals surface area contributed by atoms with Crippen LogP contribution in [-0.4, -0.2) is 20.6 Å². The van der Waals surface area contributed by atoms with Crippen LogP contribution in [0.3, 0.4) is 0 Å². The topological polar surface area (TPSA) is 55.1 Å². The number of aryl methyl sites for hydroxylation is 1. The Hall–Kier alpha value is -1.84. The van der Waals surface area contributed by atoms with Gasteiger partial charge in [0.2, 0.25) is 0 Å². The van der Waals surface area contributed by atoms with Gasteiger partial charge < -0.3 is 9.67 Å². The van der Waals surface area contributed by atoms with Gasteiger partial charge in [-0.25, -0.2) is 9.78 Å². The van der Waals surface area contributed by atoms with E-state index in [1.54, 1.807) is 12.1 Å². The highest BCUT2D eigenvalue weighted by molar-refractivity contribution is 5.92. The van der Waals surface area contributed by atoms with Crippen LogP contribution in [0.4, 0.5) is 0 Å². The molecule has 0 atom stereocenters. The van der Waals surface area contributed by atoms with Crippen LogP contribution in [0.5, 0.6) is 0 Å². The molecule has 0 aliphatic heterocycles. The number of fused-ring (bicyclic) bond motifs is 1. The number of rotatable bonds is 6. The van der Waals surface area contributed by atoms with Crippen LogP contribution in [0.2, 0.25) is 0 Å². The lowest BCUT2D eigenvalue weighted by Crippen LogP contribution is -2.07. The summed E-state index contributed by atoms with van der Waals surface area (Å²) in [6.07, 6.45) is 2.25. The van der Waals surface area contributed by atoms with Gasteiger partial charge in [0.25, 0.3) is 0 Å². The molecule has 0 radical (unpaired) electrons. The second-order valence-corrected chi connectivity index (χ2v) is 6.32. The highest BCUT2D eigenvalue weighted by atomic mass is 16.4. The van der Waals surface area contributed by atoms with Crippen molar-refractivity contribution >= 4 is 17.0 Å². The summed E-state index contributed by atoms with van der Waals surface area (Å²) >= 11 is 0. The summed E-state index contributed by atoms with van der Waals surface area (Å²) in [6, 6.07) is 5.18. The zero-order valence-corrected chi connectivity index (χ0v) is 13.3. The van der Waals surface area contributed by atoms with E-state index in [1.165, 1.54) is 0 Å². The summed E-state index contributed by atoms with van der Waals surface area (Å²) in [5.41, 5.74) is 2.14. The molecule has 2 rings (SSSR count). The Morgan fingerprint density at radius 2 is 2.00 bits per heavy atom. The van der Waals surface area contributed by atoms with Crippen LogP contribution in [0.1, 0.15) is 62.6 Å². The lowest BCUT2D eigenvalue weighted by Gasteiger charge is -2.12. The summed E-state index contributed by atoms with van der Waals surface area (Å²) < 4.78 is 2.19. The predicted molar refractivity (Wildman–Crippen MR) is 84.9 cm³/mol. The molecule has 1 aromatic heterocycles. The van der Waals surface area contributed by atoms with Crippen molar-refractivity contribution in [2.45, 2.75) is 53.0 Å². The Labute approximate surface area is 125 Å². The van der Waals surface area contributed by atoms with Crippen LogP contribution < -0.4 is 0 Å². The number of benzene rings is 1. The normalized spacial score (nSPS) is 11.7. The van der Waals surface area contributed by atoms with Gasteiger partial charge in [0.1, 0.15) is 5.82 Å². The molecule has 0 bridgehead atoms. The van der Waals surface area contributed by atoms with Crippen LogP contribution >= 0.6 is 0 Å². The first-order valence-electron chi connectivity index (χ1n) is 7.63. The Kier molecular flexibility index (Phi) is 4.66. The third kappa shape index (κ3) is 3.43. The highest BCUT2D eigenvalue weighted by Crippen LogP contribution is 2.24. The Balaban J connectivity index is 2.43. The first kappa shape index (κ1) is 15.5. The first-order chi connectivity index (χ1) is 9.90. The van der Waals surface area contributed by atoms with Crippen molar-refractivity contribution in [1.82, 2.24) is 9.55 Å². The molecule has 1 heterocycles. The van der Waals surface area contributed by atoms with E-state index in [2.05, 4.69) is 37.2 Å². The smallest absolute Gasteiger partial charge is 0.335 e. The predicted octanol–water partition coefficient (Wildman–Crippen LogP) is 4.29. The molecular weight excluding hydrogens is 264 g/mol. The third-order valence-electron chi connectivity index (χ3n) is 3.70. The summed E-state index contributed by atoms with van der Waals surface area (Å²) in [6.45, 7) is 9.58. The fourth-order valence-electron chi connectivity index (χ4n) is 2.61. The number of carboxylic acids is 1. The van der Waals surface area contributed by atoms with Crippen LogP contribution in [0.25, 0.3) is 11.0 Å². The third-order valence-corrected chi connectivity index (χ3v) is 3.70. The number of aromatic nitrogens is 2. The Morgan fingerprint density at radius 3 is 2.57 bits per heavy atom. The maximum absolute atomic E-state index is 11.2. The zero-order valence-electron chi connectivity index (χ0n) is 13.3. The van der Waals surface area contributed by atoms with Gasteiger partial charge >= 0.3 is 5.97 Å². The summed E-state index contributed by atoms with van der Waals surface area (Å²) in [7, 11) is 0. The van der Waals surface area contributed by atoms with Crippen molar-refractivity contribution < 1.29 is 9.90 Å². The van der Waals surface area contributed by atoms with Gasteiger partial charge in [-0.1, -0.05) is 27.7 Å². The van der Waals surface area contributed by atoms with E-state index in [9.17, 15) is 9.90 Å². The lowest BCUT2D eigenvalue weighted by atomic mass is 10.1. The number of carbonyl (C=O) groups is 1. The molecule has 0 unspecified atom stereocenters. The number of hydrogen-bond acceptors (Lipinski definition) is 2. The van der Waals surface area contributed by atoms with E-state index < -0.39 is 5.97 Å². The van der Waals surface area contributed by atoms with Crippen molar-refractivity contribution in [3.63, 3.8) is 0 Å². The van der Waals surface area contributed by atoms with Crippen LogP contribution in [0.15, 0.2) is 18.2 Å². The van der Waals surface area contributed by atoms with E-state index in [-0.39, 0.29) is 0 Å². The average molecular weight is 288 g/mol. The van der Waals surface area contributed by atoms with E-state index in [1.807, 2.05) is 6.07 Å². The molecule has 0 spiro atoms. The second kappa shape index (κ2) is 6.29. The molecular formula is C17H24N2O2. The van der Waals surface area contributed by atoms with Crippen molar-refractivity contribution in [3.8, 4) is 0 Å². The Morgan fingerprint density at radius 1 is 1.29 bits per heavy atom. The van der Waals surface area contributed by atoms with E-state index in [4.69, 9.17) is 0 Å². The fourth-order valence-corrected chi connectivity index (χ4v) is 2.61. The summed E-state index contributed by atoms with van der Waals surface area (Å²) in [5, 5.41) is 9.17. The van der Waals surface area contributed by atoms with Gasteiger partial charge in [-0.3, -0.25) is 0 Å². The molecule has 0 amide bonds. The molecule has 0 saturated carbocycles. The molecule has 0 saturated heterocycles. The Bertz CT molecular complexity index is 642. The fraction of sp³-hybridized carbons (Fsp3) is 0.529. The average Bonchev–Trinajstić information content (AvgIpc) is 2.76. The van der Waals surface area contributed by atoms with Crippen molar-refractivity contribution in [2.24, 2.45) is 5.92 Å². The van der Waals surface area contributed by atoms with Gasteiger partial charge in [0.05, 0.1) is 16.6 Å². The molecule has 0 aliphatic carbocycles. The van der Waals surface area contributed by atoms with Crippen molar-refractivity contribution in [3.05, 3.63) is 29.6 Å². The number of hydrogen-bond donors (Lipinski definition) is 1. The minimum atomic E-state index is -0.891. The van der Waals surface area contributed by atoms with Gasteiger partial charge in [-0.2, -0.15) is 0 Å². The molecule has 1 N–H and O–H groups in total. The van der Waals surface area contributed by atoms with Gasteiger partial charge in [-0.05, 0) is 37.0 Å². The minimum absolute atomic E-state index is 0.322. The van der Waals surface area contributed by atoms with Crippen LogP contribution in [0, 0.1) is 5.92 Å². The van der Waals surface area contributed by atoms with Crippen molar-refractivity contribution in [2.75, 3.05) is 0 Å². The SMILES string of the molecule is CC(C)CCCn1c(C(C)C)nc2ccc(C(=O)O)cc21. The number of imidazole rings is 1. The zero-order chi connectivity index (χ0) is 15.6. The molecule has 0 aliphatic rings. The molecule has 1 aromatic carbocycles. The largest absolute Gasteiger partial charge is 0.478 e. The minimum Gasteiger partial charge on any atom is -0.478 e. The second-order valence-electron chi connectivity index (χ2n) is 6.32. The molecule has 4 nitrogen and oxygen atoms in total. The van der Waals surface area contributed by atoms with Gasteiger partial charge in [-0.15, -0.1) is 0 Å². The van der Waals surface area contributed by atoms with E-state index in [0.717, 1.165) is 36.2 Å². The van der Waals surface area contributed by atoms with Crippen LogP contribution in [-0.2, 0) is 6.54 Å². The first-order valence-corrected chi connectivity index (χ1v) is 7.63. The monoisotopic (exact) mass is 288 g/mol. The molecule has 114 valence electrons. The standard InChI is InChI=1S/C17H24N2O2/c1-11(2)6-5-9-19-15-10-13(17(20)21)7-8-14(15)18-16(19)12(3)4/h7-8,10-12H,5-6,9H2,1-4H3,(H,20,21). The summed E-state index contributed by atoms with van der Waals surface area (Å²) in [5.74, 6) is 1.15. The summed E-state index contributed by atoms with van der Waals surface area (Å²) in [4.78, 5) is 15.9. The lowest BCUT2D eigenvalue weighted by molar-refractivity contribution is 0.0697. The van der Waals surface area contributed by atoms with Gasteiger partial charge in [0.15, 0.2) is 0 Å². The number of aromatic carboxylic acids is 1. The number of nitrogens with zero attached hydrogens (tertiary/aromatic N) is 2. The molecule has 2 aromatic rings. The van der Waals surface area contributed by atoms with E-state index >= 15 is 0 Å². The van der Waals surface area contributed by atoms with Crippen molar-refractivity contribution in [1.29, 1.82) is 0 Å². The quantitative estimate of drug-likeness (QED) is 0.862.